The molecule has 0 saturated heterocycles. The van der Waals surface area contributed by atoms with Crippen molar-refractivity contribution in [3.05, 3.63) is 47.0 Å². The van der Waals surface area contributed by atoms with Gasteiger partial charge < -0.3 is 30.7 Å². The van der Waals surface area contributed by atoms with Crippen molar-refractivity contribution in [2.75, 3.05) is 11.9 Å². The first-order valence-electron chi connectivity index (χ1n) is 14.7. The van der Waals surface area contributed by atoms with Crippen LogP contribution in [0.4, 0.5) is 9.93 Å². The van der Waals surface area contributed by atoms with E-state index < -0.39 is 71.9 Å². The molecule has 0 radical (unpaired) electrons. The van der Waals surface area contributed by atoms with Gasteiger partial charge in [-0.3, -0.25) is 24.5 Å². The summed E-state index contributed by atoms with van der Waals surface area (Å²) in [6.07, 6.45) is -0.532. The predicted octanol–water partition coefficient (Wildman–Crippen LogP) is 2.89. The van der Waals surface area contributed by atoms with Gasteiger partial charge in [0.05, 0.1) is 13.0 Å². The second kappa shape index (κ2) is 16.7. The maximum absolute atomic E-state index is 13.3. The van der Waals surface area contributed by atoms with Crippen molar-refractivity contribution in [3.8, 4) is 0 Å². The number of hydrogen-bond donors (Lipinski definition) is 5. The molecule has 0 saturated carbocycles. The van der Waals surface area contributed by atoms with E-state index in [1.807, 2.05) is 30.3 Å². The molecule has 15 heteroatoms. The van der Waals surface area contributed by atoms with Crippen LogP contribution in [0, 0.1) is 5.92 Å². The number of amides is 5. The van der Waals surface area contributed by atoms with Crippen LogP contribution in [0.25, 0.3) is 0 Å². The number of thiazole rings is 1. The van der Waals surface area contributed by atoms with Gasteiger partial charge in [-0.05, 0) is 53.0 Å². The number of benzene rings is 1. The van der Waals surface area contributed by atoms with Crippen LogP contribution in [0.2, 0.25) is 0 Å². The van der Waals surface area contributed by atoms with Crippen molar-refractivity contribution >= 4 is 52.2 Å². The van der Waals surface area contributed by atoms with Crippen molar-refractivity contribution in [1.82, 2.24) is 26.3 Å². The zero-order valence-electron chi connectivity index (χ0n) is 27.4. The molecule has 0 aliphatic carbocycles. The summed E-state index contributed by atoms with van der Waals surface area (Å²) in [5.41, 5.74) is -0.794. The van der Waals surface area contributed by atoms with Gasteiger partial charge in [-0.2, -0.15) is 0 Å². The highest BCUT2D eigenvalue weighted by atomic mass is 32.1. The van der Waals surface area contributed by atoms with Gasteiger partial charge in [0.25, 0.3) is 5.91 Å². The number of aromatic nitrogens is 1. The smallest absolute Gasteiger partial charge is 0.329 e. The summed E-state index contributed by atoms with van der Waals surface area (Å²) < 4.78 is 10.7. The lowest BCUT2D eigenvalue weighted by molar-refractivity contribution is -0.160. The van der Waals surface area contributed by atoms with E-state index in [-0.39, 0.29) is 16.7 Å². The molecule has 1 heterocycles. The number of rotatable bonds is 13. The Hall–Kier alpha value is -4.53. The predicted molar refractivity (Wildman–Crippen MR) is 172 cm³/mol. The molecule has 0 aliphatic heterocycles. The maximum Gasteiger partial charge on any atom is 0.329 e. The number of anilines is 1. The molecule has 14 nitrogen and oxygen atoms in total. The van der Waals surface area contributed by atoms with E-state index in [2.05, 4.69) is 31.6 Å². The summed E-state index contributed by atoms with van der Waals surface area (Å²) in [5.74, 6) is -4.10. The third-order valence-corrected chi connectivity index (χ3v) is 6.49. The zero-order valence-corrected chi connectivity index (χ0v) is 28.3. The first-order chi connectivity index (χ1) is 21.3. The molecule has 0 spiro atoms. The minimum Gasteiger partial charge on any atom is -0.460 e. The van der Waals surface area contributed by atoms with Crippen molar-refractivity contribution in [2.24, 2.45) is 5.92 Å². The SMILES string of the molecule is CC(C)[C@H](NC(=O)[C@H](CC(=O)OC(C)(C)C)NC(=O)CNC(=O)c1csc(NC(=O)NCc2ccccc2)n1)C(=O)OC(C)(C)C. The number of esters is 2. The average molecular weight is 661 g/mol. The van der Waals surface area contributed by atoms with E-state index in [0.717, 1.165) is 16.9 Å². The molecule has 252 valence electrons. The fourth-order valence-electron chi connectivity index (χ4n) is 3.73. The van der Waals surface area contributed by atoms with Crippen LogP contribution in [-0.2, 0) is 35.2 Å². The normalized spacial score (nSPS) is 12.7. The lowest BCUT2D eigenvalue weighted by Gasteiger charge is -2.28. The Balaban J connectivity index is 2.01. The van der Waals surface area contributed by atoms with E-state index in [4.69, 9.17) is 9.47 Å². The number of nitrogens with one attached hydrogen (secondary N) is 5. The molecule has 0 bridgehead atoms. The Morgan fingerprint density at radius 2 is 1.50 bits per heavy atom. The fraction of sp³-hybridized carbons (Fsp3) is 0.516. The Morgan fingerprint density at radius 1 is 0.870 bits per heavy atom. The Morgan fingerprint density at radius 3 is 2.09 bits per heavy atom. The van der Waals surface area contributed by atoms with Gasteiger partial charge in [-0.15, -0.1) is 11.3 Å². The topological polar surface area (TPSA) is 194 Å². The molecule has 0 aliphatic rings. The maximum atomic E-state index is 13.3. The quantitative estimate of drug-likeness (QED) is 0.201. The van der Waals surface area contributed by atoms with Gasteiger partial charge in [0.1, 0.15) is 29.0 Å². The van der Waals surface area contributed by atoms with E-state index in [1.165, 1.54) is 5.38 Å². The summed E-state index contributed by atoms with van der Waals surface area (Å²) in [6.45, 7) is 13.2. The zero-order chi connectivity index (χ0) is 34.7. The summed E-state index contributed by atoms with van der Waals surface area (Å²) in [7, 11) is 0. The molecule has 46 heavy (non-hydrogen) atoms. The van der Waals surface area contributed by atoms with Gasteiger partial charge in [0, 0.05) is 11.9 Å². The monoisotopic (exact) mass is 660 g/mol. The number of nitrogens with zero attached hydrogens (tertiary/aromatic N) is 1. The molecule has 0 fully saturated rings. The van der Waals surface area contributed by atoms with Crippen LogP contribution >= 0.6 is 11.3 Å². The fourth-order valence-corrected chi connectivity index (χ4v) is 4.41. The van der Waals surface area contributed by atoms with E-state index >= 15 is 0 Å². The number of carbonyl (C=O) groups excluding carboxylic acids is 6. The van der Waals surface area contributed by atoms with E-state index in [1.54, 1.807) is 55.4 Å². The molecule has 2 aromatic rings. The van der Waals surface area contributed by atoms with Crippen LogP contribution in [-0.4, -0.2) is 70.5 Å². The van der Waals surface area contributed by atoms with Gasteiger partial charge >= 0.3 is 18.0 Å². The van der Waals surface area contributed by atoms with Crippen LogP contribution in [0.1, 0.15) is 77.9 Å². The molecular weight excluding hydrogens is 616 g/mol. The van der Waals surface area contributed by atoms with Crippen molar-refractivity contribution in [1.29, 1.82) is 0 Å². The number of ether oxygens (including phenoxy) is 2. The summed E-state index contributed by atoms with van der Waals surface area (Å²) in [4.78, 5) is 80.3. The summed E-state index contributed by atoms with van der Waals surface area (Å²) in [5, 5.41) is 14.2. The van der Waals surface area contributed by atoms with Crippen molar-refractivity contribution < 1.29 is 38.2 Å². The standard InChI is InChI=1S/C31H44N6O8S/c1-18(2)24(27(42)45-31(6,7)8)36-26(41)20(14-23(39)44-30(3,4)5)34-22(38)16-32-25(40)21-17-46-29(35-21)37-28(43)33-15-19-12-10-9-11-13-19/h9-13,17-18,20,24H,14-16H2,1-8H3,(H,32,40)(H,34,38)(H,36,41)(H2,33,35,37,43)/t20-,24-/m0/s1. The molecular formula is C31H44N6O8S. The van der Waals surface area contributed by atoms with E-state index in [9.17, 15) is 28.8 Å². The Labute approximate surface area is 272 Å². The Bertz CT molecular complexity index is 1380. The highest BCUT2D eigenvalue weighted by Gasteiger charge is 2.33. The van der Waals surface area contributed by atoms with Gasteiger partial charge in [0.2, 0.25) is 11.8 Å². The summed E-state index contributed by atoms with van der Waals surface area (Å²) in [6, 6.07) is 6.31. The van der Waals surface area contributed by atoms with Gasteiger partial charge in [-0.1, -0.05) is 44.2 Å². The van der Waals surface area contributed by atoms with Crippen LogP contribution < -0.4 is 26.6 Å². The van der Waals surface area contributed by atoms with Gasteiger partial charge in [-0.25, -0.2) is 14.6 Å². The second-order valence-corrected chi connectivity index (χ2v) is 13.5. The highest BCUT2D eigenvalue weighted by Crippen LogP contribution is 2.16. The number of hydrogen-bond acceptors (Lipinski definition) is 10. The minimum absolute atomic E-state index is 0.0451. The lowest BCUT2D eigenvalue weighted by atomic mass is 10.0. The molecule has 1 aromatic heterocycles. The van der Waals surface area contributed by atoms with Crippen LogP contribution in [0.3, 0.4) is 0 Å². The molecule has 1 aromatic carbocycles. The van der Waals surface area contributed by atoms with Crippen molar-refractivity contribution in [3.63, 3.8) is 0 Å². The third kappa shape index (κ3) is 14.1. The molecule has 5 amide bonds. The first kappa shape index (κ1) is 37.7. The summed E-state index contributed by atoms with van der Waals surface area (Å²) >= 11 is 1.01. The lowest BCUT2D eigenvalue weighted by Crippen LogP contribution is -2.55. The van der Waals surface area contributed by atoms with Crippen LogP contribution in [0.5, 0.6) is 0 Å². The number of urea groups is 1. The highest BCUT2D eigenvalue weighted by molar-refractivity contribution is 7.14. The molecule has 2 atom stereocenters. The van der Waals surface area contributed by atoms with Crippen LogP contribution in [0.15, 0.2) is 35.7 Å². The number of carbonyl (C=O) groups is 6. The first-order valence-corrected chi connectivity index (χ1v) is 15.6. The molecule has 2 rings (SSSR count). The third-order valence-electron chi connectivity index (χ3n) is 5.73. The van der Waals surface area contributed by atoms with E-state index in [0.29, 0.717) is 6.54 Å². The molecule has 5 N–H and O–H groups in total. The Kier molecular flexibility index (Phi) is 13.7. The second-order valence-electron chi connectivity index (χ2n) is 12.7. The largest absolute Gasteiger partial charge is 0.460 e. The van der Waals surface area contributed by atoms with Crippen molar-refractivity contribution in [2.45, 2.75) is 91.6 Å². The molecule has 0 unspecified atom stereocenters. The minimum atomic E-state index is -1.42. The van der Waals surface area contributed by atoms with Gasteiger partial charge in [0.15, 0.2) is 5.13 Å². The average Bonchev–Trinajstić information content (AvgIpc) is 3.39.